The number of fused-ring (bicyclic) bond motifs is 1. The van der Waals surface area contributed by atoms with Crippen LogP contribution in [-0.2, 0) is 6.54 Å². The van der Waals surface area contributed by atoms with Crippen molar-refractivity contribution in [3.05, 3.63) is 94.6 Å². The first-order chi connectivity index (χ1) is 15.5. The molecule has 0 aliphatic carbocycles. The van der Waals surface area contributed by atoms with E-state index in [1.807, 2.05) is 24.4 Å². The van der Waals surface area contributed by atoms with Crippen LogP contribution in [0, 0.1) is 0 Å². The molecule has 0 atom stereocenters. The van der Waals surface area contributed by atoms with Crippen molar-refractivity contribution < 1.29 is 14.3 Å². The molecule has 0 fully saturated rings. The summed E-state index contributed by atoms with van der Waals surface area (Å²) in [5.74, 6) is 1.17. The van der Waals surface area contributed by atoms with Gasteiger partial charge in [0, 0.05) is 45.4 Å². The van der Waals surface area contributed by atoms with Gasteiger partial charge in [-0.15, -0.1) is 0 Å². The van der Waals surface area contributed by atoms with Gasteiger partial charge < -0.3 is 9.30 Å². The second-order valence-electron chi connectivity index (χ2n) is 7.50. The predicted molar refractivity (Wildman–Crippen MR) is 128 cm³/mol. The number of hydrogen-bond acceptors (Lipinski definition) is 3. The highest BCUT2D eigenvalue weighted by Gasteiger charge is 2.18. The van der Waals surface area contributed by atoms with Crippen LogP contribution in [0.1, 0.15) is 46.0 Å². The van der Waals surface area contributed by atoms with E-state index in [9.17, 15) is 9.59 Å². The highest BCUT2D eigenvalue weighted by Crippen LogP contribution is 2.31. The Morgan fingerprint density at radius 3 is 2.22 bits per heavy atom. The molecule has 0 N–H and O–H groups in total. The van der Waals surface area contributed by atoms with Gasteiger partial charge in [0.15, 0.2) is 5.78 Å². The Labute approximate surface area is 196 Å². The maximum atomic E-state index is 13.3. The molecule has 4 rings (SSSR count). The highest BCUT2D eigenvalue weighted by atomic mass is 35.5. The third kappa shape index (κ3) is 4.72. The number of halogens is 2. The van der Waals surface area contributed by atoms with E-state index >= 15 is 0 Å². The number of hydrogen-bond donors (Lipinski definition) is 0. The molecule has 0 aliphatic rings. The molecule has 1 heterocycles. The second-order valence-corrected chi connectivity index (χ2v) is 8.28. The summed E-state index contributed by atoms with van der Waals surface area (Å²) < 4.78 is 8.09. The Morgan fingerprint density at radius 1 is 0.906 bits per heavy atom. The topological polar surface area (TPSA) is 48.3 Å². The van der Waals surface area contributed by atoms with Crippen molar-refractivity contribution in [1.82, 2.24) is 4.57 Å². The van der Waals surface area contributed by atoms with Crippen LogP contribution in [0.5, 0.6) is 11.5 Å². The molecule has 162 valence electrons. The SMILES string of the molecule is CCCCn1cc(C(=O)c2ccc(C(=O)Cl)cc2)c2cc(Oc3ccc(Cl)cc3)ccc21. The molecule has 32 heavy (non-hydrogen) atoms. The number of ketones is 1. The fourth-order valence-corrected chi connectivity index (χ4v) is 3.83. The Kier molecular flexibility index (Phi) is 6.63. The van der Waals surface area contributed by atoms with Crippen LogP contribution < -0.4 is 4.74 Å². The first-order valence-corrected chi connectivity index (χ1v) is 11.1. The summed E-state index contributed by atoms with van der Waals surface area (Å²) in [7, 11) is 0. The van der Waals surface area contributed by atoms with Gasteiger partial charge in [0.2, 0.25) is 0 Å². The molecule has 3 aromatic carbocycles. The number of ether oxygens (including phenoxy) is 1. The predicted octanol–water partition coefficient (Wildman–Crippen LogP) is 7.50. The van der Waals surface area contributed by atoms with E-state index < -0.39 is 5.24 Å². The van der Waals surface area contributed by atoms with E-state index in [4.69, 9.17) is 27.9 Å². The van der Waals surface area contributed by atoms with Gasteiger partial charge in [0.1, 0.15) is 11.5 Å². The van der Waals surface area contributed by atoms with E-state index in [2.05, 4.69) is 11.5 Å². The Hall–Kier alpha value is -3.08. The smallest absolute Gasteiger partial charge is 0.252 e. The number of carbonyl (C=O) groups excluding carboxylic acids is 2. The van der Waals surface area contributed by atoms with Gasteiger partial charge in [-0.2, -0.15) is 0 Å². The summed E-state index contributed by atoms with van der Waals surface area (Å²) >= 11 is 11.5. The molecule has 0 amide bonds. The standard InChI is InChI=1S/C26H21Cl2NO3/c1-2-3-14-29-16-23(25(30)17-4-6-18(7-5-17)26(28)31)22-15-21(12-13-24(22)29)32-20-10-8-19(27)9-11-20/h4-13,15-16H,2-3,14H2,1H3. The highest BCUT2D eigenvalue weighted by molar-refractivity contribution is 6.67. The third-order valence-electron chi connectivity index (χ3n) is 5.27. The molecule has 6 heteroatoms. The van der Waals surface area contributed by atoms with E-state index in [1.54, 1.807) is 48.5 Å². The summed E-state index contributed by atoms with van der Waals surface area (Å²) in [6.45, 7) is 2.95. The minimum Gasteiger partial charge on any atom is -0.457 e. The second kappa shape index (κ2) is 9.60. The normalized spacial score (nSPS) is 11.0. The monoisotopic (exact) mass is 465 g/mol. The Morgan fingerprint density at radius 2 is 1.56 bits per heavy atom. The Bertz CT molecular complexity index is 1280. The quantitative estimate of drug-likeness (QED) is 0.200. The zero-order valence-electron chi connectivity index (χ0n) is 17.5. The van der Waals surface area contributed by atoms with Gasteiger partial charge in [-0.1, -0.05) is 37.1 Å². The molecular weight excluding hydrogens is 445 g/mol. The zero-order chi connectivity index (χ0) is 22.7. The summed E-state index contributed by atoms with van der Waals surface area (Å²) in [6, 6.07) is 19.3. The van der Waals surface area contributed by atoms with E-state index in [0.29, 0.717) is 33.2 Å². The molecule has 0 aliphatic heterocycles. The van der Waals surface area contributed by atoms with Crippen LogP contribution in [0.15, 0.2) is 72.9 Å². The summed E-state index contributed by atoms with van der Waals surface area (Å²) in [4.78, 5) is 24.7. The number of aryl methyl sites for hydroxylation is 1. The fraction of sp³-hybridized carbons (Fsp3) is 0.154. The molecule has 0 unspecified atom stereocenters. The first-order valence-electron chi connectivity index (χ1n) is 10.4. The third-order valence-corrected chi connectivity index (χ3v) is 5.74. The molecule has 4 nitrogen and oxygen atoms in total. The maximum Gasteiger partial charge on any atom is 0.252 e. The number of unbranched alkanes of at least 4 members (excludes halogenated alkanes) is 1. The number of carbonyl (C=O) groups is 2. The van der Waals surface area contributed by atoms with Crippen LogP contribution in [0.25, 0.3) is 10.9 Å². The average Bonchev–Trinajstić information content (AvgIpc) is 3.16. The lowest BCUT2D eigenvalue weighted by Gasteiger charge is -2.08. The minimum atomic E-state index is -0.552. The number of aromatic nitrogens is 1. The van der Waals surface area contributed by atoms with Gasteiger partial charge >= 0.3 is 0 Å². The van der Waals surface area contributed by atoms with Crippen LogP contribution in [0.4, 0.5) is 0 Å². The van der Waals surface area contributed by atoms with Crippen LogP contribution in [-0.4, -0.2) is 15.6 Å². The van der Waals surface area contributed by atoms with Crippen molar-refractivity contribution in [2.24, 2.45) is 0 Å². The van der Waals surface area contributed by atoms with Crippen molar-refractivity contribution in [1.29, 1.82) is 0 Å². The lowest BCUT2D eigenvalue weighted by molar-refractivity contribution is 0.103. The summed E-state index contributed by atoms with van der Waals surface area (Å²) in [5, 5.41) is 0.898. The number of benzene rings is 3. The molecule has 0 bridgehead atoms. The van der Waals surface area contributed by atoms with E-state index in [-0.39, 0.29) is 5.78 Å². The van der Waals surface area contributed by atoms with Crippen molar-refractivity contribution in [2.45, 2.75) is 26.3 Å². The molecular formula is C26H21Cl2NO3. The first kappa shape index (κ1) is 22.1. The molecule has 1 aromatic heterocycles. The van der Waals surface area contributed by atoms with Gasteiger partial charge in [0.05, 0.1) is 0 Å². The molecule has 4 aromatic rings. The van der Waals surface area contributed by atoms with Gasteiger partial charge in [-0.3, -0.25) is 9.59 Å². The van der Waals surface area contributed by atoms with Gasteiger partial charge in [-0.25, -0.2) is 0 Å². The Balaban J connectivity index is 1.74. The molecule has 0 spiro atoms. The number of rotatable bonds is 8. The lowest BCUT2D eigenvalue weighted by Crippen LogP contribution is -2.02. The minimum absolute atomic E-state index is 0.123. The fourth-order valence-electron chi connectivity index (χ4n) is 3.58. The van der Waals surface area contributed by atoms with Crippen molar-refractivity contribution >= 4 is 45.1 Å². The van der Waals surface area contributed by atoms with Crippen molar-refractivity contribution in [3.63, 3.8) is 0 Å². The number of nitrogens with zero attached hydrogens (tertiary/aromatic N) is 1. The van der Waals surface area contributed by atoms with Crippen molar-refractivity contribution in [3.8, 4) is 11.5 Å². The van der Waals surface area contributed by atoms with Crippen LogP contribution in [0.2, 0.25) is 5.02 Å². The summed E-state index contributed by atoms with van der Waals surface area (Å²) in [5.41, 5.74) is 2.40. The largest absolute Gasteiger partial charge is 0.457 e. The molecule has 0 saturated carbocycles. The van der Waals surface area contributed by atoms with E-state index in [0.717, 1.165) is 30.3 Å². The lowest BCUT2D eigenvalue weighted by atomic mass is 10.0. The van der Waals surface area contributed by atoms with Crippen LogP contribution in [0.3, 0.4) is 0 Å². The molecule has 0 radical (unpaired) electrons. The van der Waals surface area contributed by atoms with Crippen molar-refractivity contribution in [2.75, 3.05) is 0 Å². The molecule has 0 saturated heterocycles. The van der Waals surface area contributed by atoms with Gasteiger partial charge in [-0.05, 0) is 72.6 Å². The van der Waals surface area contributed by atoms with E-state index in [1.165, 1.54) is 0 Å². The van der Waals surface area contributed by atoms with Crippen LogP contribution >= 0.6 is 23.2 Å². The summed E-state index contributed by atoms with van der Waals surface area (Å²) in [6.07, 6.45) is 3.96. The zero-order valence-corrected chi connectivity index (χ0v) is 19.0. The van der Waals surface area contributed by atoms with Gasteiger partial charge in [0.25, 0.3) is 5.24 Å². The maximum absolute atomic E-state index is 13.3. The average molecular weight is 466 g/mol.